The van der Waals surface area contributed by atoms with Gasteiger partial charge in [0.1, 0.15) is 17.6 Å². The highest BCUT2D eigenvalue weighted by Gasteiger charge is 2.33. The minimum Gasteiger partial charge on any atom is -0.444 e. The molecule has 1 unspecified atom stereocenters. The quantitative estimate of drug-likeness (QED) is 0.257. The van der Waals surface area contributed by atoms with Gasteiger partial charge in [-0.05, 0) is 57.9 Å². The summed E-state index contributed by atoms with van der Waals surface area (Å²) in [4.78, 5) is 27.5. The van der Waals surface area contributed by atoms with Gasteiger partial charge in [-0.1, -0.05) is 24.3 Å². The molecule has 34 heavy (non-hydrogen) atoms. The zero-order valence-corrected chi connectivity index (χ0v) is 19.8. The Morgan fingerprint density at radius 1 is 1.21 bits per heavy atom. The number of nitrogens with zero attached hydrogens (tertiary/aromatic N) is 2. The van der Waals surface area contributed by atoms with Crippen LogP contribution in [0, 0.1) is 11.7 Å². The smallest absolute Gasteiger partial charge is 0.410 e. The van der Waals surface area contributed by atoms with Gasteiger partial charge in [-0.3, -0.25) is 10.2 Å². The van der Waals surface area contributed by atoms with E-state index in [1.54, 1.807) is 9.80 Å². The van der Waals surface area contributed by atoms with Crippen molar-refractivity contribution in [3.8, 4) is 0 Å². The monoisotopic (exact) mass is 472 g/mol. The Bertz CT molecular complexity index is 988. The molecule has 1 atom stereocenters. The van der Waals surface area contributed by atoms with Crippen molar-refractivity contribution < 1.29 is 23.8 Å². The van der Waals surface area contributed by atoms with Crippen LogP contribution in [-0.4, -0.2) is 46.9 Å². The average Bonchev–Trinajstić information content (AvgIpc) is 2.82. The van der Waals surface area contributed by atoms with Crippen LogP contribution in [0.25, 0.3) is 0 Å². The SMILES string of the molecule is CC(C)(C)OC(=O)N1CCC(C(O)N(Cc2ccc(C(=O)NN)cc2F)c2ccccc2)CC1. The van der Waals surface area contributed by atoms with Crippen molar-refractivity contribution in [1.29, 1.82) is 0 Å². The van der Waals surface area contributed by atoms with Crippen molar-refractivity contribution in [1.82, 2.24) is 10.3 Å². The van der Waals surface area contributed by atoms with Gasteiger partial charge < -0.3 is 19.6 Å². The maximum absolute atomic E-state index is 14.8. The maximum Gasteiger partial charge on any atom is 0.410 e. The van der Waals surface area contributed by atoms with Crippen LogP contribution >= 0.6 is 0 Å². The number of piperidine rings is 1. The lowest BCUT2D eigenvalue weighted by Crippen LogP contribution is -2.48. The van der Waals surface area contributed by atoms with Gasteiger partial charge in [0.15, 0.2) is 0 Å². The topological polar surface area (TPSA) is 108 Å². The van der Waals surface area contributed by atoms with E-state index in [1.165, 1.54) is 12.1 Å². The van der Waals surface area contributed by atoms with E-state index in [0.717, 1.165) is 11.8 Å². The second kappa shape index (κ2) is 10.8. The van der Waals surface area contributed by atoms with Crippen molar-refractivity contribution in [3.63, 3.8) is 0 Å². The molecule has 1 saturated heterocycles. The molecule has 2 aromatic rings. The molecule has 0 radical (unpaired) electrons. The fourth-order valence-corrected chi connectivity index (χ4v) is 4.00. The number of carbonyl (C=O) groups excluding carboxylic acids is 2. The molecule has 0 saturated carbocycles. The second-order valence-electron chi connectivity index (χ2n) is 9.46. The van der Waals surface area contributed by atoms with Gasteiger partial charge >= 0.3 is 6.09 Å². The fourth-order valence-electron chi connectivity index (χ4n) is 4.00. The molecule has 1 aliphatic rings. The van der Waals surface area contributed by atoms with Gasteiger partial charge in [-0.25, -0.2) is 15.0 Å². The largest absolute Gasteiger partial charge is 0.444 e. The minimum atomic E-state index is -0.894. The third kappa shape index (κ3) is 6.45. The third-order valence-corrected chi connectivity index (χ3v) is 5.81. The number of nitrogens with two attached hydrogens (primary N) is 1. The van der Waals surface area contributed by atoms with Gasteiger partial charge in [0.25, 0.3) is 5.91 Å². The predicted molar refractivity (Wildman–Crippen MR) is 127 cm³/mol. The van der Waals surface area contributed by atoms with E-state index in [2.05, 4.69) is 0 Å². The molecule has 1 fully saturated rings. The van der Waals surface area contributed by atoms with Crippen LogP contribution in [0.3, 0.4) is 0 Å². The number of ether oxygens (including phenoxy) is 1. The number of aliphatic hydroxyl groups excluding tert-OH is 1. The summed E-state index contributed by atoms with van der Waals surface area (Å²) in [5.41, 5.74) is 2.61. The van der Waals surface area contributed by atoms with E-state index in [-0.39, 0.29) is 24.1 Å². The van der Waals surface area contributed by atoms with Crippen molar-refractivity contribution in [2.75, 3.05) is 18.0 Å². The number of rotatable bonds is 6. The molecule has 2 amide bonds. The van der Waals surface area contributed by atoms with Crippen LogP contribution < -0.4 is 16.2 Å². The van der Waals surface area contributed by atoms with Crippen LogP contribution in [-0.2, 0) is 11.3 Å². The number of anilines is 1. The van der Waals surface area contributed by atoms with Crippen LogP contribution in [0.15, 0.2) is 48.5 Å². The lowest BCUT2D eigenvalue weighted by Gasteiger charge is -2.40. The number of carbonyl (C=O) groups is 2. The molecular formula is C25H33FN4O4. The third-order valence-electron chi connectivity index (χ3n) is 5.81. The van der Waals surface area contributed by atoms with E-state index >= 15 is 0 Å². The van der Waals surface area contributed by atoms with Gasteiger partial charge in [-0.15, -0.1) is 0 Å². The molecule has 2 aromatic carbocycles. The molecule has 0 spiro atoms. The van der Waals surface area contributed by atoms with Gasteiger partial charge in [-0.2, -0.15) is 0 Å². The van der Waals surface area contributed by atoms with E-state index in [9.17, 15) is 19.1 Å². The number of nitrogen functional groups attached to an aromatic ring is 1. The van der Waals surface area contributed by atoms with Gasteiger partial charge in [0.05, 0.1) is 0 Å². The van der Waals surface area contributed by atoms with Gasteiger partial charge in [0, 0.05) is 42.4 Å². The number of benzene rings is 2. The number of hydrogen-bond donors (Lipinski definition) is 3. The molecule has 0 aliphatic carbocycles. The Morgan fingerprint density at radius 3 is 2.41 bits per heavy atom. The second-order valence-corrected chi connectivity index (χ2v) is 9.46. The number of hydrogen-bond acceptors (Lipinski definition) is 6. The number of amides is 2. The van der Waals surface area contributed by atoms with E-state index in [1.807, 2.05) is 56.5 Å². The highest BCUT2D eigenvalue weighted by Crippen LogP contribution is 2.29. The van der Waals surface area contributed by atoms with Crippen LogP contribution in [0.4, 0.5) is 14.9 Å². The number of halogens is 1. The predicted octanol–water partition coefficient (Wildman–Crippen LogP) is 3.40. The molecule has 0 bridgehead atoms. The Morgan fingerprint density at radius 2 is 1.85 bits per heavy atom. The number of aliphatic hydroxyl groups is 1. The molecule has 1 aliphatic heterocycles. The zero-order chi connectivity index (χ0) is 24.9. The summed E-state index contributed by atoms with van der Waals surface area (Å²) < 4.78 is 20.3. The summed E-state index contributed by atoms with van der Waals surface area (Å²) in [5, 5.41) is 11.3. The highest BCUT2D eigenvalue weighted by atomic mass is 19.1. The number of para-hydroxylation sites is 1. The summed E-state index contributed by atoms with van der Waals surface area (Å²) in [6.45, 7) is 6.52. The highest BCUT2D eigenvalue weighted by molar-refractivity contribution is 5.93. The lowest BCUT2D eigenvalue weighted by atomic mass is 9.93. The van der Waals surface area contributed by atoms with Crippen molar-refractivity contribution in [3.05, 3.63) is 65.5 Å². The Balaban J connectivity index is 1.75. The number of hydrazine groups is 1. The summed E-state index contributed by atoms with van der Waals surface area (Å²) in [6.07, 6.45) is -0.0810. The Kier molecular flexibility index (Phi) is 8.11. The first-order valence-electron chi connectivity index (χ1n) is 11.4. The standard InChI is InChI=1S/C25H33FN4O4/c1-25(2,3)34-24(33)29-13-11-17(12-14-29)23(32)30(20-7-5-4-6-8-20)16-19-10-9-18(15-21(19)26)22(31)28-27/h4-10,15,17,23,32H,11-14,16,27H2,1-3H3,(H,28,31). The molecule has 4 N–H and O–H groups in total. The van der Waals surface area contributed by atoms with E-state index in [0.29, 0.717) is 31.5 Å². The normalized spacial score (nSPS) is 15.5. The first-order valence-corrected chi connectivity index (χ1v) is 11.4. The minimum absolute atomic E-state index is 0.105. The first kappa shape index (κ1) is 25.5. The van der Waals surface area contributed by atoms with Crippen molar-refractivity contribution in [2.45, 2.75) is 52.0 Å². The molecule has 184 valence electrons. The van der Waals surface area contributed by atoms with Crippen molar-refractivity contribution >= 4 is 17.7 Å². The summed E-state index contributed by atoms with van der Waals surface area (Å²) in [5.74, 6) is 3.87. The Labute approximate surface area is 199 Å². The first-order chi connectivity index (χ1) is 16.1. The summed E-state index contributed by atoms with van der Waals surface area (Å²) in [6, 6.07) is 13.4. The molecule has 3 rings (SSSR count). The fraction of sp³-hybridized carbons (Fsp3) is 0.440. The van der Waals surface area contributed by atoms with Crippen LogP contribution in [0.2, 0.25) is 0 Å². The molecular weight excluding hydrogens is 439 g/mol. The average molecular weight is 473 g/mol. The zero-order valence-electron chi connectivity index (χ0n) is 19.8. The molecule has 1 heterocycles. The summed E-state index contributed by atoms with van der Waals surface area (Å²) >= 11 is 0. The van der Waals surface area contributed by atoms with E-state index in [4.69, 9.17) is 10.6 Å². The lowest BCUT2D eigenvalue weighted by molar-refractivity contribution is 0.00733. The molecule has 9 heteroatoms. The number of likely N-dealkylation sites (tertiary alicyclic amines) is 1. The van der Waals surface area contributed by atoms with E-state index < -0.39 is 23.6 Å². The van der Waals surface area contributed by atoms with Crippen LogP contribution in [0.5, 0.6) is 0 Å². The summed E-state index contributed by atoms with van der Waals surface area (Å²) in [7, 11) is 0. The molecule has 8 nitrogen and oxygen atoms in total. The Hall–Kier alpha value is -3.17. The molecule has 0 aromatic heterocycles. The number of nitrogens with one attached hydrogen (secondary N) is 1. The maximum atomic E-state index is 14.8. The van der Waals surface area contributed by atoms with Gasteiger partial charge in [0.2, 0.25) is 0 Å². The van der Waals surface area contributed by atoms with Crippen molar-refractivity contribution in [2.24, 2.45) is 11.8 Å². The van der Waals surface area contributed by atoms with Crippen LogP contribution in [0.1, 0.15) is 49.5 Å².